The number of amides is 1. The van der Waals surface area contributed by atoms with E-state index in [1.165, 1.54) is 6.07 Å². The van der Waals surface area contributed by atoms with Crippen molar-refractivity contribution in [2.24, 2.45) is 5.92 Å². The Hall–Kier alpha value is -1.51. The third kappa shape index (κ3) is 6.86. The smallest absolute Gasteiger partial charge is 0.240 e. The van der Waals surface area contributed by atoms with Crippen LogP contribution in [0.5, 0.6) is 0 Å². The average molecular weight is 400 g/mol. The molecule has 1 aromatic carbocycles. The van der Waals surface area contributed by atoms with Crippen LogP contribution in [0, 0.1) is 11.7 Å². The number of halogens is 1. The molecule has 1 aliphatic rings. The Balaban J connectivity index is 2.02. The van der Waals surface area contributed by atoms with Gasteiger partial charge in [-0.05, 0) is 37.4 Å². The van der Waals surface area contributed by atoms with Crippen LogP contribution in [0.1, 0.15) is 25.8 Å². The molecule has 0 aliphatic carbocycles. The quantitative estimate of drug-likeness (QED) is 0.719. The van der Waals surface area contributed by atoms with Crippen LogP contribution in [0.25, 0.3) is 0 Å². The maximum absolute atomic E-state index is 13.7. The Morgan fingerprint density at radius 1 is 1.19 bits per heavy atom. The molecule has 0 unspecified atom stereocenters. The average Bonchev–Trinajstić information content (AvgIpc) is 2.60. The molecule has 0 aromatic heterocycles. The van der Waals surface area contributed by atoms with Gasteiger partial charge >= 0.3 is 0 Å². The molecule has 1 heterocycles. The lowest BCUT2D eigenvalue weighted by Gasteiger charge is -2.35. The van der Waals surface area contributed by atoms with Gasteiger partial charge in [0.2, 0.25) is 15.9 Å². The second-order valence-electron chi connectivity index (χ2n) is 7.59. The van der Waals surface area contributed by atoms with Gasteiger partial charge in [-0.15, -0.1) is 0 Å². The first-order valence-corrected chi connectivity index (χ1v) is 11.0. The van der Waals surface area contributed by atoms with Crippen molar-refractivity contribution in [3.8, 4) is 0 Å². The number of nitrogens with zero attached hydrogens (tertiary/aromatic N) is 2. The molecule has 1 atom stereocenters. The molecule has 152 valence electrons. The summed E-state index contributed by atoms with van der Waals surface area (Å²) in [5.74, 6) is -0.676. The molecule has 1 fully saturated rings. The Kier molecular flexibility index (Phi) is 7.76. The number of carbonyl (C=O) groups is 1. The number of aryl methyl sites for hydroxylation is 1. The van der Waals surface area contributed by atoms with Crippen LogP contribution in [0.15, 0.2) is 24.3 Å². The summed E-state index contributed by atoms with van der Waals surface area (Å²) in [5, 5.41) is 0. The van der Waals surface area contributed by atoms with E-state index in [1.807, 2.05) is 20.9 Å². The lowest BCUT2D eigenvalue weighted by molar-refractivity contribution is -0.135. The Bertz CT molecular complexity index is 731. The molecule has 1 aromatic rings. The third-order valence-electron chi connectivity index (χ3n) is 4.74. The van der Waals surface area contributed by atoms with Gasteiger partial charge < -0.3 is 9.80 Å². The maximum Gasteiger partial charge on any atom is 0.240 e. The molecule has 1 aliphatic heterocycles. The van der Waals surface area contributed by atoms with E-state index in [0.29, 0.717) is 25.1 Å². The van der Waals surface area contributed by atoms with Crippen molar-refractivity contribution in [3.05, 3.63) is 35.6 Å². The molecule has 6 nitrogen and oxygen atoms in total. The number of rotatable bonds is 8. The standard InChI is InChI=1S/C19H30FN3O3S/c1-15(2)14-18(19(24)23-11-9-22(3)10-12-23)21-27(25,26)13-8-16-6-4-5-7-17(16)20/h4-7,15,18,21H,8-14H2,1-3H3/t18-/m0/s1. The molecular formula is C19H30FN3O3S. The van der Waals surface area contributed by atoms with E-state index in [9.17, 15) is 17.6 Å². The predicted molar refractivity (Wildman–Crippen MR) is 104 cm³/mol. The molecule has 0 bridgehead atoms. The normalized spacial score (nSPS) is 17.3. The van der Waals surface area contributed by atoms with Gasteiger partial charge in [0.05, 0.1) is 5.75 Å². The lowest BCUT2D eigenvalue weighted by Crippen LogP contribution is -2.54. The Morgan fingerprint density at radius 3 is 2.41 bits per heavy atom. The fourth-order valence-electron chi connectivity index (χ4n) is 3.14. The van der Waals surface area contributed by atoms with Crippen molar-refractivity contribution in [3.63, 3.8) is 0 Å². The van der Waals surface area contributed by atoms with E-state index in [2.05, 4.69) is 9.62 Å². The highest BCUT2D eigenvalue weighted by atomic mass is 32.2. The summed E-state index contributed by atoms with van der Waals surface area (Å²) in [6.45, 7) is 6.66. The van der Waals surface area contributed by atoms with Crippen molar-refractivity contribution >= 4 is 15.9 Å². The lowest BCUT2D eigenvalue weighted by atomic mass is 10.0. The first kappa shape index (κ1) is 21.8. The minimum absolute atomic E-state index is 0.0686. The number of piperazine rings is 1. The first-order valence-electron chi connectivity index (χ1n) is 9.38. The fourth-order valence-corrected chi connectivity index (χ4v) is 4.38. The SMILES string of the molecule is CC(C)C[C@H](NS(=O)(=O)CCc1ccccc1F)C(=O)N1CCN(C)CC1. The zero-order chi connectivity index (χ0) is 20.0. The summed E-state index contributed by atoms with van der Waals surface area (Å²) >= 11 is 0. The van der Waals surface area contributed by atoms with Crippen molar-refractivity contribution in [2.45, 2.75) is 32.7 Å². The molecular weight excluding hydrogens is 369 g/mol. The number of benzene rings is 1. The van der Waals surface area contributed by atoms with Crippen molar-refractivity contribution in [2.75, 3.05) is 39.0 Å². The predicted octanol–water partition coefficient (Wildman–Crippen LogP) is 1.48. The van der Waals surface area contributed by atoms with Crippen LogP contribution in [0.4, 0.5) is 4.39 Å². The summed E-state index contributed by atoms with van der Waals surface area (Å²) in [7, 11) is -1.71. The highest BCUT2D eigenvalue weighted by Gasteiger charge is 2.30. The third-order valence-corrected chi connectivity index (χ3v) is 6.13. The monoisotopic (exact) mass is 399 g/mol. The van der Waals surface area contributed by atoms with Crippen LogP contribution in [-0.4, -0.2) is 69.1 Å². The van der Waals surface area contributed by atoms with Gasteiger partial charge in [0.25, 0.3) is 0 Å². The Morgan fingerprint density at radius 2 is 1.81 bits per heavy atom. The number of nitrogens with one attached hydrogen (secondary N) is 1. The summed E-state index contributed by atoms with van der Waals surface area (Å²) < 4.78 is 41.4. The van der Waals surface area contributed by atoms with E-state index >= 15 is 0 Å². The van der Waals surface area contributed by atoms with E-state index in [0.717, 1.165) is 13.1 Å². The number of hydrogen-bond acceptors (Lipinski definition) is 4. The summed E-state index contributed by atoms with van der Waals surface area (Å²) in [6, 6.07) is 5.36. The van der Waals surface area contributed by atoms with Crippen LogP contribution in [0.3, 0.4) is 0 Å². The minimum atomic E-state index is -3.71. The summed E-state index contributed by atoms with van der Waals surface area (Å²) in [6.07, 6.45) is 0.503. The zero-order valence-electron chi connectivity index (χ0n) is 16.3. The molecule has 0 saturated carbocycles. The zero-order valence-corrected chi connectivity index (χ0v) is 17.1. The van der Waals surface area contributed by atoms with E-state index in [1.54, 1.807) is 23.1 Å². The summed E-state index contributed by atoms with van der Waals surface area (Å²) in [5.41, 5.74) is 0.355. The van der Waals surface area contributed by atoms with Crippen molar-refractivity contribution < 1.29 is 17.6 Å². The van der Waals surface area contributed by atoms with Crippen LogP contribution in [0.2, 0.25) is 0 Å². The highest BCUT2D eigenvalue weighted by molar-refractivity contribution is 7.89. The van der Waals surface area contributed by atoms with Crippen LogP contribution in [-0.2, 0) is 21.2 Å². The number of carbonyl (C=O) groups excluding carboxylic acids is 1. The van der Waals surface area contributed by atoms with Gasteiger partial charge in [0.15, 0.2) is 0 Å². The summed E-state index contributed by atoms with van der Waals surface area (Å²) in [4.78, 5) is 16.7. The molecule has 1 amide bonds. The maximum atomic E-state index is 13.7. The van der Waals surface area contributed by atoms with Gasteiger partial charge in [0.1, 0.15) is 11.9 Å². The molecule has 1 saturated heterocycles. The van der Waals surface area contributed by atoms with Gasteiger partial charge in [-0.1, -0.05) is 32.0 Å². The largest absolute Gasteiger partial charge is 0.339 e. The van der Waals surface area contributed by atoms with Gasteiger partial charge in [0, 0.05) is 26.2 Å². The molecule has 8 heteroatoms. The van der Waals surface area contributed by atoms with Crippen molar-refractivity contribution in [1.29, 1.82) is 0 Å². The number of hydrogen-bond donors (Lipinski definition) is 1. The minimum Gasteiger partial charge on any atom is -0.339 e. The van der Waals surface area contributed by atoms with Crippen LogP contribution < -0.4 is 4.72 Å². The second-order valence-corrected chi connectivity index (χ2v) is 9.46. The first-order chi connectivity index (χ1) is 12.7. The van der Waals surface area contributed by atoms with Crippen LogP contribution >= 0.6 is 0 Å². The van der Waals surface area contributed by atoms with E-state index in [4.69, 9.17) is 0 Å². The molecule has 1 N–H and O–H groups in total. The molecule has 2 rings (SSSR count). The molecule has 0 spiro atoms. The topological polar surface area (TPSA) is 69.7 Å². The highest BCUT2D eigenvalue weighted by Crippen LogP contribution is 2.13. The second kappa shape index (κ2) is 9.61. The van der Waals surface area contributed by atoms with E-state index < -0.39 is 21.9 Å². The van der Waals surface area contributed by atoms with E-state index in [-0.39, 0.29) is 24.0 Å². The molecule has 0 radical (unpaired) electrons. The fraction of sp³-hybridized carbons (Fsp3) is 0.632. The van der Waals surface area contributed by atoms with Gasteiger partial charge in [-0.2, -0.15) is 0 Å². The number of sulfonamides is 1. The van der Waals surface area contributed by atoms with Crippen molar-refractivity contribution in [1.82, 2.24) is 14.5 Å². The van der Waals surface area contributed by atoms with Gasteiger partial charge in [-0.3, -0.25) is 4.79 Å². The molecule has 27 heavy (non-hydrogen) atoms. The van der Waals surface area contributed by atoms with Gasteiger partial charge in [-0.25, -0.2) is 17.5 Å². The Labute approximate surface area is 161 Å². The number of likely N-dealkylation sites (N-methyl/N-ethyl adjacent to an activating group) is 1.